The predicted molar refractivity (Wildman–Crippen MR) is 204 cm³/mol. The van der Waals surface area contributed by atoms with Gasteiger partial charge in [0.2, 0.25) is 5.90 Å². The molecular formula is C44H56N2O. The number of hydrogen-bond acceptors (Lipinski definition) is 3. The molecule has 3 aromatic carbocycles. The molecule has 3 aromatic rings. The molecule has 0 saturated heterocycles. The normalized spacial score (nSPS) is 17.8. The first-order valence-corrected chi connectivity index (χ1v) is 17.3. The highest BCUT2D eigenvalue weighted by molar-refractivity contribution is 5.96. The zero-order valence-corrected chi connectivity index (χ0v) is 31.0. The molecule has 2 heterocycles. The minimum atomic E-state index is -0.181. The van der Waals surface area contributed by atoms with Crippen molar-refractivity contribution in [3.63, 3.8) is 0 Å². The summed E-state index contributed by atoms with van der Waals surface area (Å²) in [6, 6.07) is 24.2. The highest BCUT2D eigenvalue weighted by Crippen LogP contribution is 2.42. The molecule has 2 aliphatic heterocycles. The number of benzene rings is 3. The van der Waals surface area contributed by atoms with Crippen LogP contribution in [-0.4, -0.2) is 25.1 Å². The molecule has 0 aliphatic carbocycles. The molecule has 3 heteroatoms. The highest BCUT2D eigenvalue weighted by Gasteiger charge is 2.35. The zero-order valence-electron chi connectivity index (χ0n) is 31.0. The van der Waals surface area contributed by atoms with E-state index in [1.807, 2.05) is 0 Å². The van der Waals surface area contributed by atoms with Gasteiger partial charge in [0.15, 0.2) is 0 Å². The molecule has 0 amide bonds. The van der Waals surface area contributed by atoms with Crippen molar-refractivity contribution in [2.24, 2.45) is 4.99 Å². The first-order valence-electron chi connectivity index (χ1n) is 17.3. The first kappa shape index (κ1) is 34.5. The van der Waals surface area contributed by atoms with E-state index in [1.54, 1.807) is 0 Å². The Morgan fingerprint density at radius 2 is 1.15 bits per heavy atom. The minimum Gasteiger partial charge on any atom is -0.477 e. The quantitative estimate of drug-likeness (QED) is 0.281. The van der Waals surface area contributed by atoms with Crippen LogP contribution in [0.2, 0.25) is 0 Å². The number of nitrogens with zero attached hydrogens (tertiary/aromatic N) is 2. The second-order valence-corrected chi connectivity index (χ2v) is 17.3. The van der Waals surface area contributed by atoms with Crippen molar-refractivity contribution >= 4 is 23.2 Å². The molecule has 2 aliphatic rings. The Balaban J connectivity index is 1.82. The van der Waals surface area contributed by atoms with E-state index in [4.69, 9.17) is 9.73 Å². The molecule has 0 N–H and O–H groups in total. The highest BCUT2D eigenvalue weighted by atomic mass is 16.5. The number of aliphatic imine (C=N–C) groups is 1. The topological polar surface area (TPSA) is 24.8 Å². The summed E-state index contributed by atoms with van der Waals surface area (Å²) >= 11 is 0. The fourth-order valence-corrected chi connectivity index (χ4v) is 6.90. The lowest BCUT2D eigenvalue weighted by atomic mass is 9.73. The number of hydrogen-bond donors (Lipinski definition) is 0. The minimum absolute atomic E-state index is 0.00563. The lowest BCUT2D eigenvalue weighted by molar-refractivity contribution is 0.336. The van der Waals surface area contributed by atoms with Crippen molar-refractivity contribution in [3.8, 4) is 0 Å². The van der Waals surface area contributed by atoms with Crippen LogP contribution in [0, 0.1) is 0 Å². The summed E-state index contributed by atoms with van der Waals surface area (Å²) in [4.78, 5) is 7.29. The maximum Gasteiger partial charge on any atom is 0.212 e. The molecule has 3 nitrogen and oxygen atoms in total. The van der Waals surface area contributed by atoms with Gasteiger partial charge in [-0.1, -0.05) is 150 Å². The Labute approximate surface area is 285 Å². The average molecular weight is 629 g/mol. The van der Waals surface area contributed by atoms with Crippen LogP contribution < -0.4 is 4.90 Å². The number of ether oxygens (including phenoxy) is 1. The van der Waals surface area contributed by atoms with Crippen LogP contribution in [0.1, 0.15) is 116 Å². The van der Waals surface area contributed by atoms with Gasteiger partial charge in [0, 0.05) is 11.9 Å². The number of para-hydroxylation sites is 1. The summed E-state index contributed by atoms with van der Waals surface area (Å²) < 4.78 is 6.28. The Morgan fingerprint density at radius 3 is 1.62 bits per heavy atom. The van der Waals surface area contributed by atoms with Gasteiger partial charge in [-0.05, 0) is 84.4 Å². The molecule has 47 heavy (non-hydrogen) atoms. The molecular weight excluding hydrogens is 572 g/mol. The molecule has 5 rings (SSSR count). The molecule has 1 unspecified atom stereocenters. The summed E-state index contributed by atoms with van der Waals surface area (Å²) in [5.41, 5.74) is 11.4. The molecule has 0 radical (unpaired) electrons. The van der Waals surface area contributed by atoms with Crippen molar-refractivity contribution in [1.82, 2.24) is 0 Å². The molecule has 0 fully saturated rings. The second kappa shape index (κ2) is 12.6. The Kier molecular flexibility index (Phi) is 9.27. The SMILES string of the molecule is CC(C)(C)c1cccc(C(C)(C)C)c1C=CC1=CC(c2c(C(C)(C)C)cccc2C(C)(C)C)=CN(c2ccccc2)C1C1=NCCO1. The van der Waals surface area contributed by atoms with Crippen LogP contribution in [0.3, 0.4) is 0 Å². The van der Waals surface area contributed by atoms with E-state index in [2.05, 4.69) is 179 Å². The molecule has 0 bridgehead atoms. The summed E-state index contributed by atoms with van der Waals surface area (Å²) in [6.07, 6.45) is 9.45. The van der Waals surface area contributed by atoms with E-state index in [9.17, 15) is 0 Å². The monoisotopic (exact) mass is 628 g/mol. The van der Waals surface area contributed by atoms with E-state index in [-0.39, 0.29) is 27.7 Å². The third-order valence-electron chi connectivity index (χ3n) is 9.23. The third-order valence-corrected chi connectivity index (χ3v) is 9.23. The molecule has 0 aromatic heterocycles. The maximum absolute atomic E-state index is 6.28. The van der Waals surface area contributed by atoms with Crippen LogP contribution >= 0.6 is 0 Å². The van der Waals surface area contributed by atoms with Gasteiger partial charge in [-0.15, -0.1) is 0 Å². The fourth-order valence-electron chi connectivity index (χ4n) is 6.90. The predicted octanol–water partition coefficient (Wildman–Crippen LogP) is 11.2. The lowest BCUT2D eigenvalue weighted by Crippen LogP contribution is -2.41. The van der Waals surface area contributed by atoms with Gasteiger partial charge in [0.05, 0.1) is 6.54 Å². The molecule has 0 saturated carbocycles. The largest absolute Gasteiger partial charge is 0.477 e. The van der Waals surface area contributed by atoms with Crippen LogP contribution in [0.4, 0.5) is 5.69 Å². The first-order chi connectivity index (χ1) is 21.9. The second-order valence-electron chi connectivity index (χ2n) is 17.3. The van der Waals surface area contributed by atoms with E-state index >= 15 is 0 Å². The van der Waals surface area contributed by atoms with Gasteiger partial charge in [0.1, 0.15) is 12.6 Å². The van der Waals surface area contributed by atoms with Crippen molar-refractivity contribution < 1.29 is 4.74 Å². The molecule has 1 atom stereocenters. The van der Waals surface area contributed by atoms with E-state index < -0.39 is 0 Å². The van der Waals surface area contributed by atoms with E-state index in [0.29, 0.717) is 13.2 Å². The molecule has 0 spiro atoms. The van der Waals surface area contributed by atoms with Gasteiger partial charge in [-0.2, -0.15) is 0 Å². The summed E-state index contributed by atoms with van der Waals surface area (Å²) in [7, 11) is 0. The van der Waals surface area contributed by atoms with Crippen LogP contribution in [0.25, 0.3) is 11.6 Å². The standard InChI is InChI=1S/C44H56N2O/c1-41(2,3)34-20-16-21-35(42(4,5)6)33(34)25-24-30-28-31(38-36(43(7,8)9)22-17-23-37(38)44(10,11)12)29-46(32-18-14-13-15-19-32)39(30)40-45-26-27-47-40/h13-25,28-29,39H,26-27H2,1-12H3. The fraction of sp³-hybridized carbons (Fsp3) is 0.432. The number of allylic oxidation sites excluding steroid dienone is 2. The number of rotatable bonds is 5. The van der Waals surface area contributed by atoms with Crippen LogP contribution in [-0.2, 0) is 26.4 Å². The third kappa shape index (κ3) is 7.35. The Morgan fingerprint density at radius 1 is 0.638 bits per heavy atom. The lowest BCUT2D eigenvalue weighted by Gasteiger charge is -2.37. The van der Waals surface area contributed by atoms with Gasteiger partial charge in [-0.25, -0.2) is 4.99 Å². The van der Waals surface area contributed by atoms with Crippen molar-refractivity contribution in [2.75, 3.05) is 18.1 Å². The van der Waals surface area contributed by atoms with Crippen LogP contribution in [0.15, 0.2) is 95.6 Å². The van der Waals surface area contributed by atoms with Crippen molar-refractivity contribution in [1.29, 1.82) is 0 Å². The van der Waals surface area contributed by atoms with Crippen molar-refractivity contribution in [3.05, 3.63) is 124 Å². The van der Waals surface area contributed by atoms with E-state index in [1.165, 1.54) is 44.5 Å². The maximum atomic E-state index is 6.28. The number of anilines is 1. The Hall–Kier alpha value is -3.85. The summed E-state index contributed by atoms with van der Waals surface area (Å²) in [6.45, 7) is 29.1. The van der Waals surface area contributed by atoms with Gasteiger partial charge >= 0.3 is 0 Å². The molecule has 248 valence electrons. The summed E-state index contributed by atoms with van der Waals surface area (Å²) in [5, 5.41) is 0. The van der Waals surface area contributed by atoms with Gasteiger partial charge in [-0.3, -0.25) is 0 Å². The zero-order chi connectivity index (χ0) is 34.4. The average Bonchev–Trinajstić information content (AvgIpc) is 3.52. The van der Waals surface area contributed by atoms with Crippen molar-refractivity contribution in [2.45, 2.75) is 111 Å². The van der Waals surface area contributed by atoms with E-state index in [0.717, 1.165) is 11.6 Å². The Bertz CT molecular complexity index is 1660. The summed E-state index contributed by atoms with van der Waals surface area (Å²) in [5.74, 6) is 0.778. The van der Waals surface area contributed by atoms with Gasteiger partial charge in [0.25, 0.3) is 0 Å². The van der Waals surface area contributed by atoms with Crippen LogP contribution in [0.5, 0.6) is 0 Å². The smallest absolute Gasteiger partial charge is 0.212 e. The van der Waals surface area contributed by atoms with Gasteiger partial charge < -0.3 is 9.64 Å².